The second-order valence-electron chi connectivity index (χ2n) is 8.65. The number of methoxy groups -OCH3 is 2. The van der Waals surface area contributed by atoms with E-state index in [0.717, 1.165) is 37.1 Å². The zero-order valence-electron chi connectivity index (χ0n) is 20.5. The van der Waals surface area contributed by atoms with Crippen molar-refractivity contribution in [3.63, 3.8) is 0 Å². The van der Waals surface area contributed by atoms with Crippen LogP contribution in [0.25, 0.3) is 5.69 Å². The highest BCUT2D eigenvalue weighted by Crippen LogP contribution is 2.27. The van der Waals surface area contributed by atoms with Crippen molar-refractivity contribution < 1.29 is 14.3 Å². The highest BCUT2D eigenvalue weighted by atomic mass is 16.5. The van der Waals surface area contributed by atoms with Crippen molar-refractivity contribution in [2.75, 3.05) is 32.2 Å². The minimum Gasteiger partial charge on any atom is -0.493 e. The van der Waals surface area contributed by atoms with E-state index in [4.69, 9.17) is 9.47 Å². The van der Waals surface area contributed by atoms with Gasteiger partial charge in [-0.15, -0.1) is 5.10 Å². The summed E-state index contributed by atoms with van der Waals surface area (Å²) in [5, 5.41) is 7.67. The fourth-order valence-electron chi connectivity index (χ4n) is 4.35. The third kappa shape index (κ3) is 5.65. The number of carbonyl (C=O) groups is 1. The average molecular weight is 477 g/mol. The molecule has 3 aromatic rings. The summed E-state index contributed by atoms with van der Waals surface area (Å²) < 4.78 is 12.1. The number of nitrogens with zero attached hydrogens (tertiary/aromatic N) is 3. The Morgan fingerprint density at radius 2 is 1.77 bits per heavy atom. The second kappa shape index (κ2) is 11.1. The lowest BCUT2D eigenvalue weighted by atomic mass is 9.97. The number of carbonyl (C=O) groups excluding carboxylic acids is 1. The molecule has 1 saturated heterocycles. The van der Waals surface area contributed by atoms with E-state index < -0.39 is 0 Å². The van der Waals surface area contributed by atoms with Crippen LogP contribution in [0.5, 0.6) is 11.5 Å². The van der Waals surface area contributed by atoms with Gasteiger partial charge in [-0.2, -0.15) is 4.68 Å². The van der Waals surface area contributed by atoms with E-state index in [9.17, 15) is 9.59 Å². The molecule has 1 fully saturated rings. The smallest absolute Gasteiger partial charge is 0.271 e. The van der Waals surface area contributed by atoms with Gasteiger partial charge < -0.3 is 19.7 Å². The zero-order valence-corrected chi connectivity index (χ0v) is 20.5. The minimum absolute atomic E-state index is 0.00737. The molecule has 2 heterocycles. The van der Waals surface area contributed by atoms with Crippen molar-refractivity contribution in [1.82, 2.24) is 15.1 Å². The molecule has 1 amide bonds. The van der Waals surface area contributed by atoms with E-state index in [1.54, 1.807) is 20.3 Å². The quantitative estimate of drug-likeness (QED) is 0.537. The van der Waals surface area contributed by atoms with Crippen LogP contribution in [-0.2, 0) is 17.8 Å². The Balaban J connectivity index is 1.43. The van der Waals surface area contributed by atoms with Crippen LogP contribution >= 0.6 is 0 Å². The Morgan fingerprint density at radius 1 is 1.03 bits per heavy atom. The highest BCUT2D eigenvalue weighted by molar-refractivity contribution is 5.79. The number of amides is 1. The van der Waals surface area contributed by atoms with Gasteiger partial charge in [0.1, 0.15) is 5.82 Å². The molecule has 4 rings (SSSR count). The monoisotopic (exact) mass is 476 g/mol. The fourth-order valence-corrected chi connectivity index (χ4v) is 4.35. The van der Waals surface area contributed by atoms with E-state index in [-0.39, 0.29) is 17.4 Å². The Bertz CT molecular complexity index is 1220. The SMILES string of the molecule is CCc1ccc(-n2nc(N3CCC[C@@H](C(=O)NCc4ccc(OC)c(OC)c4)C3)ccc2=O)cc1. The van der Waals surface area contributed by atoms with Gasteiger partial charge in [-0.25, -0.2) is 0 Å². The summed E-state index contributed by atoms with van der Waals surface area (Å²) in [6.07, 6.45) is 2.62. The van der Waals surface area contributed by atoms with E-state index in [1.165, 1.54) is 16.3 Å². The lowest BCUT2D eigenvalue weighted by molar-refractivity contribution is -0.125. The van der Waals surface area contributed by atoms with Crippen LogP contribution in [0.15, 0.2) is 59.4 Å². The Kier molecular flexibility index (Phi) is 7.70. The summed E-state index contributed by atoms with van der Waals surface area (Å²) in [6, 6.07) is 16.7. The molecule has 1 aliphatic heterocycles. The van der Waals surface area contributed by atoms with E-state index in [1.807, 2.05) is 42.5 Å². The van der Waals surface area contributed by atoms with Gasteiger partial charge in [0.05, 0.1) is 25.8 Å². The topological polar surface area (TPSA) is 85.7 Å². The number of hydrogen-bond donors (Lipinski definition) is 1. The Hall–Kier alpha value is -3.81. The Labute approximate surface area is 205 Å². The van der Waals surface area contributed by atoms with Gasteiger partial charge in [-0.1, -0.05) is 25.1 Å². The van der Waals surface area contributed by atoms with Crippen molar-refractivity contribution in [2.45, 2.75) is 32.7 Å². The molecule has 0 unspecified atom stereocenters. The predicted molar refractivity (Wildman–Crippen MR) is 136 cm³/mol. The molecule has 2 aromatic carbocycles. The third-order valence-electron chi connectivity index (χ3n) is 6.41. The molecule has 35 heavy (non-hydrogen) atoms. The fraction of sp³-hybridized carbons (Fsp3) is 0.370. The summed E-state index contributed by atoms with van der Waals surface area (Å²) in [7, 11) is 3.19. The van der Waals surface area contributed by atoms with Gasteiger partial charge in [0.15, 0.2) is 11.5 Å². The zero-order chi connectivity index (χ0) is 24.8. The van der Waals surface area contributed by atoms with Crippen molar-refractivity contribution in [3.05, 3.63) is 76.1 Å². The number of anilines is 1. The molecule has 8 heteroatoms. The molecular formula is C27H32N4O4. The predicted octanol–water partition coefficient (Wildman–Crippen LogP) is 3.34. The van der Waals surface area contributed by atoms with Gasteiger partial charge >= 0.3 is 0 Å². The molecule has 8 nitrogen and oxygen atoms in total. The van der Waals surface area contributed by atoms with Crippen LogP contribution < -0.4 is 25.2 Å². The summed E-state index contributed by atoms with van der Waals surface area (Å²) >= 11 is 0. The van der Waals surface area contributed by atoms with E-state index >= 15 is 0 Å². The summed E-state index contributed by atoms with van der Waals surface area (Å²) in [6.45, 7) is 3.85. The van der Waals surface area contributed by atoms with Crippen LogP contribution in [0, 0.1) is 5.92 Å². The van der Waals surface area contributed by atoms with Gasteiger partial charge in [-0.05, 0) is 60.7 Å². The molecule has 0 aliphatic carbocycles. The first kappa shape index (κ1) is 24.3. The normalized spacial score (nSPS) is 15.5. The second-order valence-corrected chi connectivity index (χ2v) is 8.65. The van der Waals surface area contributed by atoms with Gasteiger partial charge in [0.25, 0.3) is 5.56 Å². The molecule has 0 bridgehead atoms. The van der Waals surface area contributed by atoms with Crippen molar-refractivity contribution in [2.24, 2.45) is 5.92 Å². The molecule has 0 radical (unpaired) electrons. The number of benzene rings is 2. The molecule has 1 atom stereocenters. The summed E-state index contributed by atoms with van der Waals surface area (Å²) in [5.74, 6) is 1.83. The van der Waals surface area contributed by atoms with E-state index in [2.05, 4.69) is 22.2 Å². The first-order valence-electron chi connectivity index (χ1n) is 12.0. The molecule has 1 aromatic heterocycles. The van der Waals surface area contributed by atoms with Crippen molar-refractivity contribution in [1.29, 1.82) is 0 Å². The van der Waals surface area contributed by atoms with Crippen LogP contribution in [0.3, 0.4) is 0 Å². The van der Waals surface area contributed by atoms with Crippen LogP contribution in [0.1, 0.15) is 30.9 Å². The number of ether oxygens (including phenoxy) is 2. The number of hydrogen-bond acceptors (Lipinski definition) is 6. The number of piperidine rings is 1. The van der Waals surface area contributed by atoms with Gasteiger partial charge in [0, 0.05) is 25.7 Å². The van der Waals surface area contributed by atoms with Gasteiger partial charge in [-0.3, -0.25) is 9.59 Å². The molecule has 0 spiro atoms. The molecule has 184 valence electrons. The maximum absolute atomic E-state index is 13.0. The number of aryl methyl sites for hydroxylation is 1. The number of nitrogens with one attached hydrogen (secondary N) is 1. The highest BCUT2D eigenvalue weighted by Gasteiger charge is 2.27. The lowest BCUT2D eigenvalue weighted by Gasteiger charge is -2.33. The van der Waals surface area contributed by atoms with Crippen LogP contribution in [-0.4, -0.2) is 43.0 Å². The Morgan fingerprint density at radius 3 is 2.49 bits per heavy atom. The lowest BCUT2D eigenvalue weighted by Crippen LogP contribution is -2.43. The number of aromatic nitrogens is 2. The van der Waals surface area contributed by atoms with Crippen LogP contribution in [0.2, 0.25) is 0 Å². The maximum atomic E-state index is 13.0. The molecule has 1 aliphatic rings. The summed E-state index contributed by atoms with van der Waals surface area (Å²) in [4.78, 5) is 27.5. The molecule has 0 saturated carbocycles. The summed E-state index contributed by atoms with van der Waals surface area (Å²) in [5.41, 5.74) is 2.69. The van der Waals surface area contributed by atoms with Gasteiger partial charge in [0.2, 0.25) is 5.91 Å². The number of rotatable bonds is 8. The van der Waals surface area contributed by atoms with Crippen molar-refractivity contribution >= 4 is 11.7 Å². The third-order valence-corrected chi connectivity index (χ3v) is 6.41. The molecular weight excluding hydrogens is 444 g/mol. The standard InChI is InChI=1S/C27H32N4O4/c1-4-19-7-10-22(11-8-19)31-26(32)14-13-25(29-31)30-15-5-6-21(18-30)27(33)28-17-20-9-12-23(34-2)24(16-20)35-3/h7-14,16,21H,4-6,15,17-18H2,1-3H3,(H,28,33)/t21-/m1/s1. The van der Waals surface area contributed by atoms with Crippen molar-refractivity contribution in [3.8, 4) is 17.2 Å². The van der Waals surface area contributed by atoms with Crippen LogP contribution in [0.4, 0.5) is 5.82 Å². The first-order valence-corrected chi connectivity index (χ1v) is 12.0. The largest absolute Gasteiger partial charge is 0.493 e. The molecule has 1 N–H and O–H groups in total. The first-order chi connectivity index (χ1) is 17.0. The average Bonchev–Trinajstić information content (AvgIpc) is 2.92. The minimum atomic E-state index is -0.181. The maximum Gasteiger partial charge on any atom is 0.271 e. The van der Waals surface area contributed by atoms with E-state index in [0.29, 0.717) is 30.4 Å².